The SMILES string of the molecule is CC(=O)Nc1ccc(-c2ccc3nnn(CC4=CCc5ncccc54)c3n2)cn1. The topological polar surface area (TPSA) is 98.5 Å². The molecule has 0 saturated heterocycles. The van der Waals surface area contributed by atoms with Crippen molar-refractivity contribution in [3.8, 4) is 11.3 Å². The number of amides is 1. The lowest BCUT2D eigenvalue weighted by molar-refractivity contribution is -0.114. The van der Waals surface area contributed by atoms with Crippen LogP contribution in [0.3, 0.4) is 0 Å². The number of hydrogen-bond acceptors (Lipinski definition) is 6. The lowest BCUT2D eigenvalue weighted by Crippen LogP contribution is -2.07. The maximum absolute atomic E-state index is 11.2. The molecule has 142 valence electrons. The van der Waals surface area contributed by atoms with E-state index in [0.717, 1.165) is 34.5 Å². The van der Waals surface area contributed by atoms with Crippen molar-refractivity contribution in [2.75, 3.05) is 5.32 Å². The molecule has 8 heteroatoms. The van der Waals surface area contributed by atoms with Crippen molar-refractivity contribution < 1.29 is 4.79 Å². The van der Waals surface area contributed by atoms with Gasteiger partial charge in [0, 0.05) is 36.9 Å². The highest BCUT2D eigenvalue weighted by Crippen LogP contribution is 2.28. The Hall–Kier alpha value is -3.94. The van der Waals surface area contributed by atoms with Crippen LogP contribution in [-0.4, -0.2) is 35.9 Å². The van der Waals surface area contributed by atoms with Gasteiger partial charge in [-0.1, -0.05) is 17.4 Å². The number of anilines is 1. The minimum atomic E-state index is -0.155. The maximum Gasteiger partial charge on any atom is 0.222 e. The summed E-state index contributed by atoms with van der Waals surface area (Å²) in [7, 11) is 0. The van der Waals surface area contributed by atoms with Gasteiger partial charge in [0.15, 0.2) is 5.65 Å². The zero-order valence-corrected chi connectivity index (χ0v) is 15.7. The lowest BCUT2D eigenvalue weighted by Gasteiger charge is -2.07. The summed E-state index contributed by atoms with van der Waals surface area (Å²) in [6, 6.07) is 11.5. The van der Waals surface area contributed by atoms with Crippen LogP contribution in [0.15, 0.2) is 54.9 Å². The van der Waals surface area contributed by atoms with Crippen molar-refractivity contribution in [2.45, 2.75) is 19.9 Å². The quantitative estimate of drug-likeness (QED) is 0.582. The van der Waals surface area contributed by atoms with Gasteiger partial charge in [0.25, 0.3) is 0 Å². The number of pyridine rings is 3. The first-order valence-electron chi connectivity index (χ1n) is 9.25. The second-order valence-electron chi connectivity index (χ2n) is 6.83. The number of fused-ring (bicyclic) bond motifs is 2. The third-order valence-corrected chi connectivity index (χ3v) is 4.82. The third kappa shape index (κ3) is 3.25. The molecular formula is C21H17N7O. The molecule has 1 N–H and O–H groups in total. The first kappa shape index (κ1) is 17.2. The van der Waals surface area contributed by atoms with Crippen molar-refractivity contribution in [3.05, 3.63) is 66.1 Å². The number of carbonyl (C=O) groups excluding carboxylic acids is 1. The van der Waals surface area contributed by atoms with Crippen molar-refractivity contribution >= 4 is 28.5 Å². The van der Waals surface area contributed by atoms with E-state index in [2.05, 4.69) is 37.7 Å². The minimum absolute atomic E-state index is 0.155. The highest BCUT2D eigenvalue weighted by atomic mass is 16.1. The summed E-state index contributed by atoms with van der Waals surface area (Å²) in [5.74, 6) is 0.354. The number of rotatable bonds is 4. The summed E-state index contributed by atoms with van der Waals surface area (Å²) in [5, 5.41) is 11.2. The zero-order chi connectivity index (χ0) is 19.8. The highest BCUT2D eigenvalue weighted by molar-refractivity contribution is 5.87. The predicted octanol–water partition coefficient (Wildman–Crippen LogP) is 2.88. The van der Waals surface area contributed by atoms with Gasteiger partial charge in [-0.15, -0.1) is 5.10 Å². The molecule has 0 aromatic carbocycles. The Bertz CT molecular complexity index is 1260. The summed E-state index contributed by atoms with van der Waals surface area (Å²) in [6.07, 6.45) is 6.53. The van der Waals surface area contributed by atoms with Crippen LogP contribution in [0, 0.1) is 0 Å². The second kappa shape index (κ2) is 6.90. The first-order valence-corrected chi connectivity index (χ1v) is 9.25. The van der Waals surface area contributed by atoms with Gasteiger partial charge >= 0.3 is 0 Å². The van der Waals surface area contributed by atoms with E-state index < -0.39 is 0 Å². The number of hydrogen-bond donors (Lipinski definition) is 1. The van der Waals surface area contributed by atoms with Gasteiger partial charge in [0.2, 0.25) is 5.91 Å². The molecule has 29 heavy (non-hydrogen) atoms. The molecule has 0 fully saturated rings. The van der Waals surface area contributed by atoms with Gasteiger partial charge in [0.1, 0.15) is 11.3 Å². The Labute approximate surface area is 166 Å². The Kier molecular flexibility index (Phi) is 4.09. The molecule has 4 aromatic rings. The fourth-order valence-electron chi connectivity index (χ4n) is 3.45. The van der Waals surface area contributed by atoms with E-state index >= 15 is 0 Å². The fourth-order valence-corrected chi connectivity index (χ4v) is 3.45. The van der Waals surface area contributed by atoms with E-state index in [9.17, 15) is 4.79 Å². The van der Waals surface area contributed by atoms with Crippen LogP contribution in [-0.2, 0) is 17.8 Å². The molecule has 0 atom stereocenters. The normalized spacial score (nSPS) is 12.7. The number of nitrogens with zero attached hydrogens (tertiary/aromatic N) is 6. The Balaban J connectivity index is 1.46. The van der Waals surface area contributed by atoms with Gasteiger partial charge in [-0.05, 0) is 35.9 Å². The standard InChI is InChI=1S/C21H17N7O/c1-13(29)24-20-9-5-14(11-23-20)17-7-8-19-21(25-17)28(27-26-19)12-15-4-6-18-16(15)3-2-10-22-18/h2-5,7-11H,6,12H2,1H3,(H,23,24,29). The molecule has 1 amide bonds. The van der Waals surface area contributed by atoms with Gasteiger partial charge in [-0.2, -0.15) is 0 Å². The summed E-state index contributed by atoms with van der Waals surface area (Å²) < 4.78 is 1.81. The van der Waals surface area contributed by atoms with E-state index in [1.807, 2.05) is 35.1 Å². The summed E-state index contributed by atoms with van der Waals surface area (Å²) >= 11 is 0. The van der Waals surface area contributed by atoms with E-state index in [0.29, 0.717) is 18.0 Å². The smallest absolute Gasteiger partial charge is 0.222 e. The fraction of sp³-hybridized carbons (Fsp3) is 0.143. The van der Waals surface area contributed by atoms with Crippen LogP contribution < -0.4 is 5.32 Å². The molecule has 0 aliphatic heterocycles. The zero-order valence-electron chi connectivity index (χ0n) is 15.7. The number of nitrogens with one attached hydrogen (secondary N) is 1. The Morgan fingerprint density at radius 1 is 1.17 bits per heavy atom. The first-order chi connectivity index (χ1) is 14.2. The molecule has 0 radical (unpaired) electrons. The van der Waals surface area contributed by atoms with Crippen LogP contribution in [0.5, 0.6) is 0 Å². The van der Waals surface area contributed by atoms with E-state index in [4.69, 9.17) is 4.98 Å². The number of allylic oxidation sites excluding steroid dienone is 2. The van der Waals surface area contributed by atoms with Gasteiger partial charge < -0.3 is 5.32 Å². The molecule has 4 heterocycles. The van der Waals surface area contributed by atoms with E-state index in [-0.39, 0.29) is 5.91 Å². The minimum Gasteiger partial charge on any atom is -0.311 e. The molecule has 1 aliphatic rings. The van der Waals surface area contributed by atoms with Crippen LogP contribution in [0.25, 0.3) is 28.0 Å². The average molecular weight is 383 g/mol. The van der Waals surface area contributed by atoms with Gasteiger partial charge in [-0.25, -0.2) is 14.6 Å². The highest BCUT2D eigenvalue weighted by Gasteiger charge is 2.17. The van der Waals surface area contributed by atoms with Crippen LogP contribution in [0.1, 0.15) is 18.2 Å². The molecule has 5 rings (SSSR count). The molecule has 0 unspecified atom stereocenters. The predicted molar refractivity (Wildman–Crippen MR) is 109 cm³/mol. The van der Waals surface area contributed by atoms with Crippen molar-refractivity contribution in [2.24, 2.45) is 0 Å². The lowest BCUT2D eigenvalue weighted by atomic mass is 10.1. The maximum atomic E-state index is 11.2. The largest absolute Gasteiger partial charge is 0.311 e. The van der Waals surface area contributed by atoms with Crippen LogP contribution >= 0.6 is 0 Å². The molecule has 0 bridgehead atoms. The van der Waals surface area contributed by atoms with E-state index in [1.165, 1.54) is 12.5 Å². The van der Waals surface area contributed by atoms with Crippen LogP contribution in [0.4, 0.5) is 5.82 Å². The Morgan fingerprint density at radius 3 is 2.93 bits per heavy atom. The Morgan fingerprint density at radius 2 is 2.10 bits per heavy atom. The van der Waals surface area contributed by atoms with Crippen molar-refractivity contribution in [3.63, 3.8) is 0 Å². The summed E-state index contributed by atoms with van der Waals surface area (Å²) in [6.45, 7) is 2.04. The number of aromatic nitrogens is 6. The molecule has 4 aromatic heterocycles. The summed E-state index contributed by atoms with van der Waals surface area (Å²) in [4.78, 5) is 24.6. The monoisotopic (exact) mass is 383 g/mol. The number of carbonyl (C=O) groups is 1. The molecular weight excluding hydrogens is 366 g/mol. The summed E-state index contributed by atoms with van der Waals surface area (Å²) in [5.41, 5.74) is 6.49. The third-order valence-electron chi connectivity index (χ3n) is 4.82. The van der Waals surface area contributed by atoms with Gasteiger partial charge in [0.05, 0.1) is 17.9 Å². The van der Waals surface area contributed by atoms with Gasteiger partial charge in [-0.3, -0.25) is 9.78 Å². The molecule has 0 saturated carbocycles. The molecule has 0 spiro atoms. The second-order valence-corrected chi connectivity index (χ2v) is 6.83. The van der Waals surface area contributed by atoms with Crippen LogP contribution in [0.2, 0.25) is 0 Å². The average Bonchev–Trinajstić information content (AvgIpc) is 3.33. The van der Waals surface area contributed by atoms with Crippen molar-refractivity contribution in [1.29, 1.82) is 0 Å². The molecule has 8 nitrogen and oxygen atoms in total. The van der Waals surface area contributed by atoms with Crippen molar-refractivity contribution in [1.82, 2.24) is 29.9 Å². The molecule has 1 aliphatic carbocycles. The van der Waals surface area contributed by atoms with E-state index in [1.54, 1.807) is 12.3 Å².